The van der Waals surface area contributed by atoms with Crippen LogP contribution in [0.4, 0.5) is 5.69 Å². The number of Topliss-reactive ketones (excluding diaryl/α,β-unsaturated/α-hetero) is 1. The average molecular weight is 304 g/mol. The molecule has 0 saturated carbocycles. The van der Waals surface area contributed by atoms with Crippen LogP contribution < -0.4 is 11.1 Å². The van der Waals surface area contributed by atoms with Gasteiger partial charge < -0.3 is 15.8 Å². The molecule has 1 aromatic carbocycles. The second kappa shape index (κ2) is 7.25. The van der Waals surface area contributed by atoms with E-state index in [2.05, 4.69) is 26.1 Å². The minimum atomic E-state index is 0.115. The lowest BCUT2D eigenvalue weighted by molar-refractivity contribution is -0.120. The summed E-state index contributed by atoms with van der Waals surface area (Å²) in [6.07, 6.45) is 1.93. The van der Waals surface area contributed by atoms with Gasteiger partial charge in [-0.05, 0) is 29.5 Å². The van der Waals surface area contributed by atoms with Gasteiger partial charge in [0.1, 0.15) is 5.78 Å². The van der Waals surface area contributed by atoms with Gasteiger partial charge in [0.25, 0.3) is 0 Å². The van der Waals surface area contributed by atoms with Crippen molar-refractivity contribution in [3.8, 4) is 0 Å². The Morgan fingerprint density at radius 1 is 1.32 bits per heavy atom. The fourth-order valence-electron chi connectivity index (χ4n) is 3.02. The molecular weight excluding hydrogens is 276 g/mol. The molecule has 1 aromatic rings. The highest BCUT2D eigenvalue weighted by molar-refractivity contribution is 5.80. The Labute approximate surface area is 133 Å². The van der Waals surface area contributed by atoms with E-state index in [-0.39, 0.29) is 17.3 Å². The zero-order valence-electron chi connectivity index (χ0n) is 13.9. The number of hydrogen-bond acceptors (Lipinski definition) is 4. The van der Waals surface area contributed by atoms with Crippen molar-refractivity contribution in [3.63, 3.8) is 0 Å². The lowest BCUT2D eigenvalue weighted by Gasteiger charge is -2.41. The Morgan fingerprint density at radius 2 is 2.00 bits per heavy atom. The van der Waals surface area contributed by atoms with Gasteiger partial charge in [0.05, 0.1) is 12.7 Å². The van der Waals surface area contributed by atoms with Gasteiger partial charge in [-0.2, -0.15) is 0 Å². The molecule has 3 N–H and O–H groups in total. The number of carbonyl (C=O) groups is 1. The highest BCUT2D eigenvalue weighted by Crippen LogP contribution is 2.27. The van der Waals surface area contributed by atoms with Crippen molar-refractivity contribution in [2.24, 2.45) is 5.41 Å². The first kappa shape index (κ1) is 17.0. The smallest absolute Gasteiger partial charge is 0.137 e. The molecule has 0 aliphatic carbocycles. The van der Waals surface area contributed by atoms with Crippen LogP contribution in [0.2, 0.25) is 0 Å². The SMILES string of the molecule is CC(C)(C)C1NCCOC1CCC(=O)Cc1ccc(N)cc1. The summed E-state index contributed by atoms with van der Waals surface area (Å²) in [4.78, 5) is 12.2. The topological polar surface area (TPSA) is 64.3 Å². The number of carbonyl (C=O) groups excluding carboxylic acids is 1. The lowest BCUT2D eigenvalue weighted by Crippen LogP contribution is -2.55. The van der Waals surface area contributed by atoms with E-state index in [0.717, 1.165) is 30.8 Å². The number of nitrogen functional groups attached to an aromatic ring is 1. The van der Waals surface area contributed by atoms with E-state index in [1.807, 2.05) is 24.3 Å². The highest BCUT2D eigenvalue weighted by Gasteiger charge is 2.34. The average Bonchev–Trinajstić information content (AvgIpc) is 2.47. The van der Waals surface area contributed by atoms with Crippen LogP contribution in [0.1, 0.15) is 39.2 Å². The molecule has 2 rings (SSSR count). The van der Waals surface area contributed by atoms with Crippen LogP contribution in [0.3, 0.4) is 0 Å². The Morgan fingerprint density at radius 3 is 2.64 bits per heavy atom. The number of ether oxygens (including phenoxy) is 1. The molecule has 0 bridgehead atoms. The standard InChI is InChI=1S/C18H28N2O2/c1-18(2,3)17-16(22-11-10-20-17)9-8-15(21)12-13-4-6-14(19)7-5-13/h4-7,16-17,20H,8-12,19H2,1-3H3. The van der Waals surface area contributed by atoms with Crippen LogP contribution >= 0.6 is 0 Å². The van der Waals surface area contributed by atoms with Crippen LogP contribution in [0.5, 0.6) is 0 Å². The molecule has 1 fully saturated rings. The maximum Gasteiger partial charge on any atom is 0.137 e. The molecule has 2 atom stereocenters. The summed E-state index contributed by atoms with van der Waals surface area (Å²) in [5.41, 5.74) is 7.54. The maximum absolute atomic E-state index is 12.2. The number of benzene rings is 1. The van der Waals surface area contributed by atoms with Crippen molar-refractivity contribution in [2.45, 2.75) is 52.2 Å². The fraction of sp³-hybridized carbons (Fsp3) is 0.611. The van der Waals surface area contributed by atoms with Crippen molar-refractivity contribution in [2.75, 3.05) is 18.9 Å². The van der Waals surface area contributed by atoms with Gasteiger partial charge in [0.15, 0.2) is 0 Å². The summed E-state index contributed by atoms with van der Waals surface area (Å²) in [7, 11) is 0. The van der Waals surface area contributed by atoms with E-state index in [0.29, 0.717) is 18.9 Å². The summed E-state index contributed by atoms with van der Waals surface area (Å²) in [5, 5.41) is 3.54. The van der Waals surface area contributed by atoms with E-state index < -0.39 is 0 Å². The van der Waals surface area contributed by atoms with Gasteiger partial charge in [0.2, 0.25) is 0 Å². The van der Waals surface area contributed by atoms with Crippen molar-refractivity contribution >= 4 is 11.5 Å². The number of ketones is 1. The number of morpholine rings is 1. The van der Waals surface area contributed by atoms with Crippen LogP contribution in [0, 0.1) is 5.41 Å². The third kappa shape index (κ3) is 4.82. The lowest BCUT2D eigenvalue weighted by atomic mass is 9.81. The number of nitrogens with one attached hydrogen (secondary N) is 1. The van der Waals surface area contributed by atoms with E-state index in [9.17, 15) is 4.79 Å². The van der Waals surface area contributed by atoms with Crippen LogP contribution in [-0.4, -0.2) is 31.1 Å². The minimum Gasteiger partial charge on any atom is -0.399 e. The molecule has 1 aliphatic rings. The number of hydrogen-bond donors (Lipinski definition) is 2. The quantitative estimate of drug-likeness (QED) is 0.821. The molecule has 1 saturated heterocycles. The van der Waals surface area contributed by atoms with Gasteiger partial charge in [0, 0.05) is 31.1 Å². The largest absolute Gasteiger partial charge is 0.399 e. The first-order chi connectivity index (χ1) is 10.4. The molecule has 22 heavy (non-hydrogen) atoms. The van der Waals surface area contributed by atoms with Gasteiger partial charge in [-0.25, -0.2) is 0 Å². The van der Waals surface area contributed by atoms with Gasteiger partial charge in [-0.1, -0.05) is 32.9 Å². The Kier molecular flexibility index (Phi) is 5.59. The first-order valence-electron chi connectivity index (χ1n) is 8.07. The molecule has 4 nitrogen and oxygen atoms in total. The highest BCUT2D eigenvalue weighted by atomic mass is 16.5. The number of rotatable bonds is 5. The second-order valence-corrected chi connectivity index (χ2v) is 7.20. The number of nitrogens with two attached hydrogens (primary N) is 1. The van der Waals surface area contributed by atoms with Crippen LogP contribution in [0.15, 0.2) is 24.3 Å². The van der Waals surface area contributed by atoms with E-state index in [4.69, 9.17) is 10.5 Å². The molecule has 0 amide bonds. The summed E-state index contributed by atoms with van der Waals surface area (Å²) < 4.78 is 5.90. The molecular formula is C18H28N2O2. The molecule has 0 aromatic heterocycles. The van der Waals surface area contributed by atoms with Crippen molar-refractivity contribution in [1.82, 2.24) is 5.32 Å². The minimum absolute atomic E-state index is 0.115. The molecule has 122 valence electrons. The Hall–Kier alpha value is -1.39. The summed E-state index contributed by atoms with van der Waals surface area (Å²) >= 11 is 0. The predicted molar refractivity (Wildman–Crippen MR) is 89.8 cm³/mol. The third-order valence-corrected chi connectivity index (χ3v) is 4.19. The molecule has 2 unspecified atom stereocenters. The second-order valence-electron chi connectivity index (χ2n) is 7.20. The van der Waals surface area contributed by atoms with Crippen molar-refractivity contribution < 1.29 is 9.53 Å². The van der Waals surface area contributed by atoms with Gasteiger partial charge in [-0.15, -0.1) is 0 Å². The van der Waals surface area contributed by atoms with Crippen LogP contribution in [-0.2, 0) is 16.0 Å². The molecule has 1 aliphatic heterocycles. The Balaban J connectivity index is 1.85. The summed E-state index contributed by atoms with van der Waals surface area (Å²) in [6.45, 7) is 8.24. The van der Waals surface area contributed by atoms with E-state index >= 15 is 0 Å². The summed E-state index contributed by atoms with van der Waals surface area (Å²) in [5.74, 6) is 0.256. The molecule has 0 radical (unpaired) electrons. The zero-order valence-corrected chi connectivity index (χ0v) is 13.9. The van der Waals surface area contributed by atoms with Crippen molar-refractivity contribution in [3.05, 3.63) is 29.8 Å². The number of anilines is 1. The van der Waals surface area contributed by atoms with Crippen molar-refractivity contribution in [1.29, 1.82) is 0 Å². The first-order valence-corrected chi connectivity index (χ1v) is 8.07. The maximum atomic E-state index is 12.2. The van der Waals surface area contributed by atoms with Gasteiger partial charge >= 0.3 is 0 Å². The molecule has 4 heteroatoms. The molecule has 1 heterocycles. The monoisotopic (exact) mass is 304 g/mol. The van der Waals surface area contributed by atoms with Crippen LogP contribution in [0.25, 0.3) is 0 Å². The predicted octanol–water partition coefficient (Wildman–Crippen LogP) is 2.56. The third-order valence-electron chi connectivity index (χ3n) is 4.19. The fourth-order valence-corrected chi connectivity index (χ4v) is 3.02. The zero-order chi connectivity index (χ0) is 16.2. The van der Waals surface area contributed by atoms with E-state index in [1.54, 1.807) is 0 Å². The normalized spacial score (nSPS) is 22.5. The molecule has 0 spiro atoms. The van der Waals surface area contributed by atoms with E-state index in [1.165, 1.54) is 0 Å². The van der Waals surface area contributed by atoms with Gasteiger partial charge in [-0.3, -0.25) is 4.79 Å². The summed E-state index contributed by atoms with van der Waals surface area (Å²) in [6, 6.07) is 7.82. The Bertz CT molecular complexity index is 491.